The maximum atomic E-state index is 10.1. The van der Waals surface area contributed by atoms with Crippen molar-refractivity contribution in [3.05, 3.63) is 29.8 Å². The van der Waals surface area contributed by atoms with Crippen LogP contribution in [0.5, 0.6) is 5.75 Å². The number of aryl methyl sites for hydroxylation is 1. The Bertz CT molecular complexity index is 390. The van der Waals surface area contributed by atoms with Gasteiger partial charge >= 0.3 is 0 Å². The van der Waals surface area contributed by atoms with E-state index in [4.69, 9.17) is 0 Å². The second-order valence-corrected chi connectivity index (χ2v) is 6.08. The van der Waals surface area contributed by atoms with Gasteiger partial charge in [-0.2, -0.15) is 0 Å². The van der Waals surface area contributed by atoms with Gasteiger partial charge in [-0.15, -0.1) is 0 Å². The quantitative estimate of drug-likeness (QED) is 0.725. The number of aromatic hydroxyl groups is 1. The molecule has 0 bridgehead atoms. The number of aliphatic hydroxyl groups is 1. The summed E-state index contributed by atoms with van der Waals surface area (Å²) in [5.74, 6) is 0.321. The van der Waals surface area contributed by atoms with Gasteiger partial charge in [0.15, 0.2) is 0 Å². The summed E-state index contributed by atoms with van der Waals surface area (Å²) in [6.45, 7) is 2.19. The Kier molecular flexibility index (Phi) is 5.86. The van der Waals surface area contributed by atoms with Gasteiger partial charge in [0.1, 0.15) is 5.75 Å². The Labute approximate surface area is 122 Å². The summed E-state index contributed by atoms with van der Waals surface area (Å²) >= 11 is 0. The molecule has 3 atom stereocenters. The van der Waals surface area contributed by atoms with Crippen LogP contribution in [0.3, 0.4) is 0 Å². The summed E-state index contributed by atoms with van der Waals surface area (Å²) in [4.78, 5) is 0. The average molecular weight is 277 g/mol. The lowest BCUT2D eigenvalue weighted by Crippen LogP contribution is -2.44. The van der Waals surface area contributed by atoms with Gasteiger partial charge in [0.2, 0.25) is 0 Å². The molecular weight excluding hydrogens is 250 g/mol. The van der Waals surface area contributed by atoms with Crippen molar-refractivity contribution in [2.75, 3.05) is 0 Å². The van der Waals surface area contributed by atoms with Crippen LogP contribution in [0, 0.1) is 0 Å². The van der Waals surface area contributed by atoms with Gasteiger partial charge in [-0.3, -0.25) is 0 Å². The fourth-order valence-corrected chi connectivity index (χ4v) is 2.98. The van der Waals surface area contributed by atoms with Crippen LogP contribution in [0.15, 0.2) is 24.3 Å². The molecule has 3 heteroatoms. The molecular formula is C17H27NO2. The Morgan fingerprint density at radius 2 is 1.85 bits per heavy atom. The fraction of sp³-hybridized carbons (Fsp3) is 0.647. The predicted molar refractivity (Wildman–Crippen MR) is 81.9 cm³/mol. The van der Waals surface area contributed by atoms with Crippen LogP contribution in [-0.2, 0) is 6.42 Å². The molecule has 0 aromatic heterocycles. The molecule has 1 saturated carbocycles. The number of nitrogens with one attached hydrogen (secondary N) is 1. The Morgan fingerprint density at radius 1 is 1.15 bits per heavy atom. The molecule has 0 aliphatic heterocycles. The number of phenols is 1. The highest BCUT2D eigenvalue weighted by Crippen LogP contribution is 2.19. The van der Waals surface area contributed by atoms with E-state index in [-0.39, 0.29) is 12.1 Å². The summed E-state index contributed by atoms with van der Waals surface area (Å²) in [6.07, 6.45) is 7.50. The van der Waals surface area contributed by atoms with Crippen LogP contribution < -0.4 is 5.32 Å². The maximum absolute atomic E-state index is 10.1. The van der Waals surface area contributed by atoms with Gasteiger partial charge in [0.05, 0.1) is 6.10 Å². The zero-order valence-electron chi connectivity index (χ0n) is 12.4. The highest BCUT2D eigenvalue weighted by molar-refractivity contribution is 5.25. The molecule has 0 heterocycles. The third-order valence-corrected chi connectivity index (χ3v) is 4.28. The molecule has 3 unspecified atom stereocenters. The third-order valence-electron chi connectivity index (χ3n) is 4.28. The lowest BCUT2D eigenvalue weighted by Gasteiger charge is -2.26. The highest BCUT2D eigenvalue weighted by atomic mass is 16.3. The first-order valence-electron chi connectivity index (χ1n) is 7.87. The molecule has 3 nitrogen and oxygen atoms in total. The van der Waals surface area contributed by atoms with E-state index in [0.29, 0.717) is 11.8 Å². The Morgan fingerprint density at radius 3 is 2.60 bits per heavy atom. The van der Waals surface area contributed by atoms with Crippen molar-refractivity contribution in [2.24, 2.45) is 0 Å². The van der Waals surface area contributed by atoms with E-state index in [9.17, 15) is 10.2 Å². The van der Waals surface area contributed by atoms with Crippen molar-refractivity contribution in [3.8, 4) is 5.75 Å². The standard InChI is InChI=1S/C17H27NO2/c1-13(7-8-14-9-11-15(19)12-10-14)18-16-5-3-2-4-6-17(16)20/h9-13,16-20H,2-8H2,1H3. The highest BCUT2D eigenvalue weighted by Gasteiger charge is 2.22. The number of hydrogen-bond donors (Lipinski definition) is 3. The van der Waals surface area contributed by atoms with Crippen molar-refractivity contribution in [2.45, 2.75) is 70.1 Å². The van der Waals surface area contributed by atoms with Crippen molar-refractivity contribution in [3.63, 3.8) is 0 Å². The van der Waals surface area contributed by atoms with Crippen molar-refractivity contribution < 1.29 is 10.2 Å². The van der Waals surface area contributed by atoms with Gasteiger partial charge in [-0.1, -0.05) is 31.4 Å². The molecule has 1 aliphatic carbocycles. The minimum Gasteiger partial charge on any atom is -0.508 e. The first-order chi connectivity index (χ1) is 9.65. The van der Waals surface area contributed by atoms with Gasteiger partial charge in [-0.05, 0) is 50.3 Å². The average Bonchev–Trinajstić information content (AvgIpc) is 2.64. The molecule has 0 radical (unpaired) electrons. The van der Waals surface area contributed by atoms with Crippen LogP contribution >= 0.6 is 0 Å². The molecule has 20 heavy (non-hydrogen) atoms. The van der Waals surface area contributed by atoms with Crippen molar-refractivity contribution in [1.29, 1.82) is 0 Å². The number of hydrogen-bond acceptors (Lipinski definition) is 3. The monoisotopic (exact) mass is 277 g/mol. The molecule has 2 rings (SSSR count). The first-order valence-corrected chi connectivity index (χ1v) is 7.87. The lowest BCUT2D eigenvalue weighted by atomic mass is 10.0. The van der Waals surface area contributed by atoms with Crippen LogP contribution in [0.1, 0.15) is 51.0 Å². The van der Waals surface area contributed by atoms with Gasteiger partial charge in [0.25, 0.3) is 0 Å². The van der Waals surface area contributed by atoms with Crippen LogP contribution in [0.4, 0.5) is 0 Å². The Balaban J connectivity index is 1.76. The lowest BCUT2D eigenvalue weighted by molar-refractivity contribution is 0.114. The normalized spacial score (nSPS) is 25.1. The van der Waals surface area contributed by atoms with E-state index in [1.54, 1.807) is 12.1 Å². The number of phenolic OH excluding ortho intramolecular Hbond substituents is 1. The summed E-state index contributed by atoms with van der Waals surface area (Å²) in [5.41, 5.74) is 1.25. The van der Waals surface area contributed by atoms with Gasteiger partial charge in [0, 0.05) is 12.1 Å². The summed E-state index contributed by atoms with van der Waals surface area (Å²) in [7, 11) is 0. The van der Waals surface area contributed by atoms with E-state index < -0.39 is 0 Å². The summed E-state index contributed by atoms with van der Waals surface area (Å²) < 4.78 is 0. The molecule has 0 saturated heterocycles. The molecule has 3 N–H and O–H groups in total. The molecule has 0 spiro atoms. The molecule has 0 amide bonds. The smallest absolute Gasteiger partial charge is 0.115 e. The van der Waals surface area contributed by atoms with E-state index in [1.165, 1.54) is 18.4 Å². The van der Waals surface area contributed by atoms with Crippen LogP contribution in [0.25, 0.3) is 0 Å². The summed E-state index contributed by atoms with van der Waals surface area (Å²) in [6, 6.07) is 8.09. The minimum absolute atomic E-state index is 0.186. The Hall–Kier alpha value is -1.06. The van der Waals surface area contributed by atoms with Crippen molar-refractivity contribution in [1.82, 2.24) is 5.32 Å². The molecule has 112 valence electrons. The second-order valence-electron chi connectivity index (χ2n) is 6.08. The first kappa shape index (κ1) is 15.3. The minimum atomic E-state index is -0.186. The van der Waals surface area contributed by atoms with E-state index in [1.807, 2.05) is 12.1 Å². The number of rotatable bonds is 5. The largest absolute Gasteiger partial charge is 0.508 e. The molecule has 1 aromatic rings. The number of aliphatic hydroxyl groups excluding tert-OH is 1. The fourth-order valence-electron chi connectivity index (χ4n) is 2.98. The van der Waals surface area contributed by atoms with E-state index >= 15 is 0 Å². The number of benzene rings is 1. The molecule has 1 fully saturated rings. The molecule has 1 aromatic carbocycles. The van der Waals surface area contributed by atoms with Crippen LogP contribution in [-0.4, -0.2) is 28.4 Å². The predicted octanol–water partition coefficient (Wildman–Crippen LogP) is 3.00. The zero-order valence-corrected chi connectivity index (χ0v) is 12.4. The van der Waals surface area contributed by atoms with Crippen LogP contribution in [0.2, 0.25) is 0 Å². The van der Waals surface area contributed by atoms with Gasteiger partial charge < -0.3 is 15.5 Å². The molecule has 1 aliphatic rings. The second kappa shape index (κ2) is 7.65. The summed E-state index contributed by atoms with van der Waals surface area (Å²) in [5, 5.41) is 23.0. The van der Waals surface area contributed by atoms with E-state index in [2.05, 4.69) is 12.2 Å². The SMILES string of the molecule is CC(CCc1ccc(O)cc1)NC1CCCCCC1O. The van der Waals surface area contributed by atoms with Crippen molar-refractivity contribution >= 4 is 0 Å². The topological polar surface area (TPSA) is 52.5 Å². The third kappa shape index (κ3) is 4.80. The zero-order chi connectivity index (χ0) is 14.4. The van der Waals surface area contributed by atoms with Gasteiger partial charge in [-0.25, -0.2) is 0 Å². The maximum Gasteiger partial charge on any atom is 0.115 e. The van der Waals surface area contributed by atoms with E-state index in [0.717, 1.165) is 32.1 Å².